The molecular weight excluding hydrogens is 541 g/mol. The lowest BCUT2D eigenvalue weighted by Gasteiger charge is -2.39. The van der Waals surface area contributed by atoms with Crippen molar-refractivity contribution in [3.8, 4) is 0 Å². The van der Waals surface area contributed by atoms with Crippen LogP contribution in [0.1, 0.15) is 31.0 Å². The van der Waals surface area contributed by atoms with Crippen molar-refractivity contribution in [3.63, 3.8) is 0 Å². The minimum atomic E-state index is -0.0773. The quantitative estimate of drug-likeness (QED) is 0.322. The Morgan fingerprint density at radius 2 is 1.91 bits per heavy atom. The lowest BCUT2D eigenvalue weighted by atomic mass is 9.74. The van der Waals surface area contributed by atoms with Crippen LogP contribution in [0.4, 0.5) is 0 Å². The standard InChI is InChI=1S/C23H32ClN5O2.HI/c1-2-25-22(29-12-10-28(11-13-29)17-19-7-14-31-27-19)26-18-23(8-15-30-16-9-23)20-5-3-4-6-21(20)24;/h3-7,14H,2,8-13,15-18H2,1H3,(H,25,26);1H. The molecule has 1 N–H and O–H groups in total. The Hall–Kier alpha value is -1.36. The van der Waals surface area contributed by atoms with Crippen LogP contribution in [0.25, 0.3) is 0 Å². The molecular formula is C23H33ClIN5O2. The van der Waals surface area contributed by atoms with Gasteiger partial charge in [0, 0.05) is 69.0 Å². The summed E-state index contributed by atoms with van der Waals surface area (Å²) in [6.45, 7) is 9.82. The van der Waals surface area contributed by atoms with Gasteiger partial charge in [-0.05, 0) is 31.4 Å². The van der Waals surface area contributed by atoms with Crippen molar-refractivity contribution >= 4 is 41.5 Å². The zero-order chi connectivity index (χ0) is 21.5. The van der Waals surface area contributed by atoms with Crippen molar-refractivity contribution in [2.24, 2.45) is 4.99 Å². The van der Waals surface area contributed by atoms with Gasteiger partial charge in [0.1, 0.15) is 6.26 Å². The number of ether oxygens (including phenoxy) is 1. The lowest BCUT2D eigenvalue weighted by Crippen LogP contribution is -2.52. The first kappa shape index (κ1) is 25.3. The third-order valence-electron chi connectivity index (χ3n) is 6.31. The van der Waals surface area contributed by atoms with Gasteiger partial charge in [-0.1, -0.05) is 35.0 Å². The van der Waals surface area contributed by atoms with Crippen LogP contribution in [0.2, 0.25) is 5.02 Å². The van der Waals surface area contributed by atoms with Gasteiger partial charge in [-0.25, -0.2) is 0 Å². The molecule has 0 amide bonds. The maximum Gasteiger partial charge on any atom is 0.194 e. The number of nitrogens with zero attached hydrogens (tertiary/aromatic N) is 4. The van der Waals surface area contributed by atoms with E-state index in [-0.39, 0.29) is 29.4 Å². The summed E-state index contributed by atoms with van der Waals surface area (Å²) in [5.74, 6) is 0.988. The second-order valence-electron chi connectivity index (χ2n) is 8.30. The smallest absolute Gasteiger partial charge is 0.194 e. The molecule has 0 bridgehead atoms. The van der Waals surface area contributed by atoms with E-state index in [9.17, 15) is 0 Å². The summed E-state index contributed by atoms with van der Waals surface area (Å²) in [5.41, 5.74) is 2.10. The summed E-state index contributed by atoms with van der Waals surface area (Å²) in [6.07, 6.45) is 3.50. The van der Waals surface area contributed by atoms with Crippen molar-refractivity contribution in [1.29, 1.82) is 0 Å². The lowest BCUT2D eigenvalue weighted by molar-refractivity contribution is 0.0530. The second kappa shape index (κ2) is 12.2. The largest absolute Gasteiger partial charge is 0.381 e. The summed E-state index contributed by atoms with van der Waals surface area (Å²) < 4.78 is 10.6. The molecule has 0 atom stereocenters. The van der Waals surface area contributed by atoms with Crippen molar-refractivity contribution in [2.45, 2.75) is 31.7 Å². The Balaban J connectivity index is 0.00000289. The van der Waals surface area contributed by atoms with E-state index >= 15 is 0 Å². The number of aliphatic imine (C=N–C) groups is 1. The van der Waals surface area contributed by atoms with E-state index in [1.54, 1.807) is 6.26 Å². The second-order valence-corrected chi connectivity index (χ2v) is 8.70. The number of hydrogen-bond acceptors (Lipinski definition) is 5. The topological polar surface area (TPSA) is 66.1 Å². The zero-order valence-electron chi connectivity index (χ0n) is 18.6. The monoisotopic (exact) mass is 573 g/mol. The van der Waals surface area contributed by atoms with E-state index in [4.69, 9.17) is 25.9 Å². The van der Waals surface area contributed by atoms with Gasteiger partial charge in [0.15, 0.2) is 5.96 Å². The van der Waals surface area contributed by atoms with Crippen LogP contribution >= 0.6 is 35.6 Å². The Bertz CT molecular complexity index is 850. The first-order valence-electron chi connectivity index (χ1n) is 11.2. The molecule has 1 aromatic heterocycles. The molecule has 2 aliphatic rings. The minimum absolute atomic E-state index is 0. The van der Waals surface area contributed by atoms with Gasteiger partial charge in [-0.3, -0.25) is 9.89 Å². The van der Waals surface area contributed by atoms with Gasteiger partial charge in [0.25, 0.3) is 0 Å². The number of benzene rings is 1. The molecule has 2 fully saturated rings. The van der Waals surface area contributed by atoms with Gasteiger partial charge in [-0.2, -0.15) is 0 Å². The highest BCUT2D eigenvalue weighted by atomic mass is 127. The van der Waals surface area contributed by atoms with E-state index in [0.29, 0.717) is 6.54 Å². The number of guanidine groups is 1. The van der Waals surface area contributed by atoms with Gasteiger partial charge < -0.3 is 19.5 Å². The van der Waals surface area contributed by atoms with E-state index in [1.807, 2.05) is 18.2 Å². The van der Waals surface area contributed by atoms with Gasteiger partial charge in [-0.15, -0.1) is 24.0 Å². The molecule has 9 heteroatoms. The summed E-state index contributed by atoms with van der Waals surface area (Å²) >= 11 is 6.61. The van der Waals surface area contributed by atoms with Crippen LogP contribution < -0.4 is 5.32 Å². The first-order chi connectivity index (χ1) is 15.2. The molecule has 7 nitrogen and oxygen atoms in total. The number of halogens is 2. The molecule has 4 rings (SSSR count). The van der Waals surface area contributed by atoms with Crippen LogP contribution in [-0.2, 0) is 16.7 Å². The fourth-order valence-electron chi connectivity index (χ4n) is 4.48. The van der Waals surface area contributed by atoms with E-state index < -0.39 is 0 Å². The summed E-state index contributed by atoms with van der Waals surface area (Å²) in [6, 6.07) is 10.1. The predicted octanol–water partition coefficient (Wildman–Crippen LogP) is 3.78. The average Bonchev–Trinajstić information content (AvgIpc) is 3.31. The van der Waals surface area contributed by atoms with Crippen molar-refractivity contribution < 1.29 is 9.26 Å². The highest BCUT2D eigenvalue weighted by molar-refractivity contribution is 14.0. The minimum Gasteiger partial charge on any atom is -0.381 e. The van der Waals surface area contributed by atoms with Crippen LogP contribution in [-0.4, -0.2) is 73.4 Å². The molecule has 176 valence electrons. The average molecular weight is 574 g/mol. The highest BCUT2D eigenvalue weighted by Crippen LogP contribution is 2.39. The molecule has 3 heterocycles. The molecule has 32 heavy (non-hydrogen) atoms. The fourth-order valence-corrected chi connectivity index (χ4v) is 4.82. The maximum absolute atomic E-state index is 6.61. The predicted molar refractivity (Wildman–Crippen MR) is 138 cm³/mol. The zero-order valence-corrected chi connectivity index (χ0v) is 21.7. The van der Waals surface area contributed by atoms with Crippen molar-refractivity contribution in [3.05, 3.63) is 52.9 Å². The Morgan fingerprint density at radius 3 is 2.56 bits per heavy atom. The van der Waals surface area contributed by atoms with Crippen molar-refractivity contribution in [1.82, 2.24) is 20.3 Å². The normalized spacial score (nSPS) is 19.4. The highest BCUT2D eigenvalue weighted by Gasteiger charge is 2.36. The number of rotatable bonds is 6. The number of aromatic nitrogens is 1. The van der Waals surface area contributed by atoms with E-state index in [0.717, 1.165) is 82.0 Å². The number of nitrogens with one attached hydrogen (secondary N) is 1. The summed E-state index contributed by atoms with van der Waals surface area (Å²) in [4.78, 5) is 9.89. The number of piperazine rings is 1. The fraction of sp³-hybridized carbons (Fsp3) is 0.565. The van der Waals surface area contributed by atoms with Crippen LogP contribution in [0.3, 0.4) is 0 Å². The first-order valence-corrected chi connectivity index (χ1v) is 11.6. The SMILES string of the molecule is CCNC(=NCC1(c2ccccc2Cl)CCOCC1)N1CCN(Cc2ccon2)CC1.I. The van der Waals surface area contributed by atoms with E-state index in [1.165, 1.54) is 5.56 Å². The van der Waals surface area contributed by atoms with Gasteiger partial charge in [0.2, 0.25) is 0 Å². The third-order valence-corrected chi connectivity index (χ3v) is 6.64. The molecule has 2 aliphatic heterocycles. The Morgan fingerprint density at radius 1 is 1.16 bits per heavy atom. The summed E-state index contributed by atoms with van der Waals surface area (Å²) in [7, 11) is 0. The molecule has 0 aliphatic carbocycles. The maximum atomic E-state index is 6.61. The number of hydrogen-bond donors (Lipinski definition) is 1. The molecule has 0 saturated carbocycles. The molecule has 2 saturated heterocycles. The Labute approximate surface area is 212 Å². The third kappa shape index (κ3) is 6.15. The van der Waals surface area contributed by atoms with Crippen LogP contribution in [0, 0.1) is 0 Å². The van der Waals surface area contributed by atoms with Gasteiger partial charge >= 0.3 is 0 Å². The Kier molecular flexibility index (Phi) is 9.63. The summed E-state index contributed by atoms with van der Waals surface area (Å²) in [5, 5.41) is 8.36. The van der Waals surface area contributed by atoms with Crippen LogP contribution in [0.5, 0.6) is 0 Å². The molecule has 0 spiro atoms. The molecule has 0 radical (unpaired) electrons. The van der Waals surface area contributed by atoms with Crippen LogP contribution in [0.15, 0.2) is 46.1 Å². The molecule has 2 aromatic rings. The molecule has 0 unspecified atom stereocenters. The van der Waals surface area contributed by atoms with Gasteiger partial charge in [0.05, 0.1) is 12.2 Å². The van der Waals surface area contributed by atoms with Crippen molar-refractivity contribution in [2.75, 3.05) is 52.5 Å². The van der Waals surface area contributed by atoms with E-state index in [2.05, 4.69) is 39.3 Å². The molecule has 1 aromatic carbocycles.